The zero-order chi connectivity index (χ0) is 14.4. The van der Waals surface area contributed by atoms with Gasteiger partial charge < -0.3 is 9.16 Å². The van der Waals surface area contributed by atoms with Gasteiger partial charge in [-0.25, -0.2) is 4.79 Å². The van der Waals surface area contributed by atoms with E-state index in [1.807, 2.05) is 38.9 Å². The summed E-state index contributed by atoms with van der Waals surface area (Å²) in [6, 6.07) is 0. The number of esters is 1. The minimum absolute atomic E-state index is 0.0368. The Morgan fingerprint density at radius 1 is 1.42 bits per heavy atom. The molecule has 0 N–H and O–H groups in total. The standard InChI is InChI=1S/C13H20O4SSi/c1-8-6-9-7-10(14)11(18-2)13(8,12(15)16-9)17-19(3,4)5/h6,9,11H,7H2,1-5H3/t9-,11-,13-/m0/s1. The predicted molar refractivity (Wildman–Crippen MR) is 77.7 cm³/mol. The second-order valence-corrected chi connectivity index (χ2v) is 11.4. The van der Waals surface area contributed by atoms with Gasteiger partial charge in [0.25, 0.3) is 0 Å². The molecular weight excluding hydrogens is 280 g/mol. The number of hydrogen-bond acceptors (Lipinski definition) is 5. The molecule has 1 saturated heterocycles. The van der Waals surface area contributed by atoms with Crippen LogP contribution in [0.3, 0.4) is 0 Å². The molecule has 0 amide bonds. The highest BCUT2D eigenvalue weighted by Crippen LogP contribution is 2.43. The molecule has 3 rings (SSSR count). The minimum Gasteiger partial charge on any atom is -0.455 e. The Balaban J connectivity index is 2.58. The van der Waals surface area contributed by atoms with Crippen molar-refractivity contribution in [2.75, 3.05) is 6.26 Å². The fraction of sp³-hybridized carbons (Fsp3) is 0.692. The Hall–Kier alpha value is -0.593. The summed E-state index contributed by atoms with van der Waals surface area (Å²) in [5, 5.41) is -0.504. The van der Waals surface area contributed by atoms with Crippen molar-refractivity contribution in [3.05, 3.63) is 11.6 Å². The lowest BCUT2D eigenvalue weighted by atomic mass is 9.89. The minimum atomic E-state index is -2.01. The van der Waals surface area contributed by atoms with Gasteiger partial charge in [-0.2, -0.15) is 11.8 Å². The second kappa shape index (κ2) is 4.75. The smallest absolute Gasteiger partial charge is 0.343 e. The maximum Gasteiger partial charge on any atom is 0.343 e. The van der Waals surface area contributed by atoms with E-state index in [1.165, 1.54) is 11.8 Å². The van der Waals surface area contributed by atoms with E-state index >= 15 is 0 Å². The van der Waals surface area contributed by atoms with Gasteiger partial charge in [0.1, 0.15) is 11.4 Å². The highest BCUT2D eigenvalue weighted by atomic mass is 32.2. The maximum absolute atomic E-state index is 12.5. The van der Waals surface area contributed by atoms with Gasteiger partial charge in [0, 0.05) is 6.42 Å². The number of ketones is 1. The molecule has 0 aromatic rings. The lowest BCUT2D eigenvalue weighted by molar-refractivity contribution is -0.163. The van der Waals surface area contributed by atoms with E-state index < -0.39 is 31.2 Å². The average molecular weight is 300 g/mol. The summed E-state index contributed by atoms with van der Waals surface area (Å²) in [5.74, 6) is -0.361. The zero-order valence-corrected chi connectivity index (χ0v) is 13.8. The summed E-state index contributed by atoms with van der Waals surface area (Å²) in [6.07, 6.45) is 3.55. The SMILES string of the molecule is CS[C@H]1C(=O)C[C@@H]2C=C(C)[C@@]1(O[Si](C)(C)C)C(=O)O2. The number of Topliss-reactive ketones (excluding diaryl/α,β-unsaturated/α-hetero) is 1. The van der Waals surface area contributed by atoms with Gasteiger partial charge in [-0.3, -0.25) is 4.79 Å². The molecule has 19 heavy (non-hydrogen) atoms. The number of ether oxygens (including phenoxy) is 1. The summed E-state index contributed by atoms with van der Waals surface area (Å²) in [7, 11) is -2.01. The Morgan fingerprint density at radius 3 is 2.53 bits per heavy atom. The van der Waals surface area contributed by atoms with Crippen LogP contribution >= 0.6 is 11.8 Å². The molecule has 0 saturated carbocycles. The molecule has 1 aliphatic carbocycles. The van der Waals surface area contributed by atoms with Crippen molar-refractivity contribution >= 4 is 31.8 Å². The van der Waals surface area contributed by atoms with Gasteiger partial charge in [0.05, 0.1) is 0 Å². The molecule has 0 aromatic heterocycles. The molecular formula is C13H20O4SSi. The Labute approximate surface area is 119 Å². The molecule has 0 aromatic carbocycles. The highest BCUT2D eigenvalue weighted by Gasteiger charge is 2.59. The van der Waals surface area contributed by atoms with Crippen molar-refractivity contribution in [1.82, 2.24) is 0 Å². The van der Waals surface area contributed by atoms with Crippen LogP contribution in [0.1, 0.15) is 13.3 Å². The van der Waals surface area contributed by atoms with E-state index in [1.54, 1.807) is 0 Å². The monoisotopic (exact) mass is 300 g/mol. The first-order valence-electron chi connectivity index (χ1n) is 6.36. The quantitative estimate of drug-likeness (QED) is 0.454. The van der Waals surface area contributed by atoms with Crippen molar-refractivity contribution in [2.45, 2.75) is 49.9 Å². The number of rotatable bonds is 3. The Kier molecular flexibility index (Phi) is 3.70. The van der Waals surface area contributed by atoms with Gasteiger partial charge in [-0.05, 0) is 44.5 Å². The summed E-state index contributed by atoms with van der Waals surface area (Å²) in [4.78, 5) is 24.8. The summed E-state index contributed by atoms with van der Waals surface area (Å²) in [6.45, 7) is 7.92. The molecule has 2 heterocycles. The topological polar surface area (TPSA) is 52.6 Å². The third-order valence-corrected chi connectivity index (χ3v) is 5.35. The third kappa shape index (κ3) is 2.41. The molecule has 2 aliphatic heterocycles. The van der Waals surface area contributed by atoms with Crippen LogP contribution in [-0.4, -0.2) is 43.3 Å². The molecule has 0 radical (unpaired) electrons. The average Bonchev–Trinajstić information content (AvgIpc) is 2.38. The molecule has 3 aliphatic rings. The Bertz CT molecular complexity index is 454. The fourth-order valence-electron chi connectivity index (χ4n) is 2.73. The van der Waals surface area contributed by atoms with Crippen molar-refractivity contribution in [3.63, 3.8) is 0 Å². The van der Waals surface area contributed by atoms with Gasteiger partial charge in [0.15, 0.2) is 19.7 Å². The van der Waals surface area contributed by atoms with Gasteiger partial charge >= 0.3 is 5.97 Å². The third-order valence-electron chi connectivity index (χ3n) is 3.35. The van der Waals surface area contributed by atoms with Crippen LogP contribution < -0.4 is 0 Å². The first-order valence-corrected chi connectivity index (χ1v) is 11.1. The second-order valence-electron chi connectivity index (χ2n) is 6.03. The molecule has 0 unspecified atom stereocenters. The van der Waals surface area contributed by atoms with Crippen LogP contribution in [0.15, 0.2) is 11.6 Å². The van der Waals surface area contributed by atoms with Crippen molar-refractivity contribution in [1.29, 1.82) is 0 Å². The maximum atomic E-state index is 12.5. The van der Waals surface area contributed by atoms with Crippen LogP contribution in [0.5, 0.6) is 0 Å². The van der Waals surface area contributed by atoms with Crippen molar-refractivity contribution in [2.24, 2.45) is 0 Å². The largest absolute Gasteiger partial charge is 0.455 e. The van der Waals surface area contributed by atoms with E-state index in [0.717, 1.165) is 5.57 Å². The van der Waals surface area contributed by atoms with Gasteiger partial charge in [-0.15, -0.1) is 0 Å². The summed E-state index contributed by atoms with van der Waals surface area (Å²) >= 11 is 1.38. The molecule has 3 atom stereocenters. The van der Waals surface area contributed by atoms with E-state index in [9.17, 15) is 9.59 Å². The first-order chi connectivity index (χ1) is 8.70. The van der Waals surface area contributed by atoms with E-state index in [4.69, 9.17) is 9.16 Å². The first kappa shape index (κ1) is 14.8. The van der Waals surface area contributed by atoms with Crippen molar-refractivity contribution in [3.8, 4) is 0 Å². The van der Waals surface area contributed by atoms with Crippen molar-refractivity contribution < 1.29 is 18.8 Å². The lowest BCUT2D eigenvalue weighted by Gasteiger charge is -2.42. The lowest BCUT2D eigenvalue weighted by Crippen LogP contribution is -2.59. The van der Waals surface area contributed by atoms with Gasteiger partial charge in [-0.1, -0.05) is 0 Å². The number of thioether (sulfide) groups is 1. The zero-order valence-electron chi connectivity index (χ0n) is 12.0. The molecule has 106 valence electrons. The molecule has 0 spiro atoms. The Morgan fingerprint density at radius 2 is 2.05 bits per heavy atom. The molecule has 2 bridgehead atoms. The van der Waals surface area contributed by atoms with Crippen LogP contribution in [0.4, 0.5) is 0 Å². The summed E-state index contributed by atoms with van der Waals surface area (Å²) in [5.41, 5.74) is -0.394. The molecule has 6 heteroatoms. The van der Waals surface area contributed by atoms with E-state index in [0.29, 0.717) is 0 Å². The van der Waals surface area contributed by atoms with E-state index in [2.05, 4.69) is 0 Å². The van der Waals surface area contributed by atoms with Crippen LogP contribution in [0.2, 0.25) is 19.6 Å². The van der Waals surface area contributed by atoms with Gasteiger partial charge in [0.2, 0.25) is 0 Å². The highest BCUT2D eigenvalue weighted by molar-refractivity contribution is 8.00. The normalized spacial score (nSPS) is 34.9. The van der Waals surface area contributed by atoms with E-state index in [-0.39, 0.29) is 12.2 Å². The fourth-order valence-corrected chi connectivity index (χ4v) is 5.16. The summed E-state index contributed by atoms with van der Waals surface area (Å²) < 4.78 is 11.6. The van der Waals surface area contributed by atoms with Crippen LogP contribution in [0.25, 0.3) is 0 Å². The molecule has 4 nitrogen and oxygen atoms in total. The van der Waals surface area contributed by atoms with Crippen LogP contribution in [-0.2, 0) is 18.8 Å². The van der Waals surface area contributed by atoms with Crippen LogP contribution in [0, 0.1) is 0 Å². The number of hydrogen-bond donors (Lipinski definition) is 0. The number of carbonyl (C=O) groups excluding carboxylic acids is 2. The molecule has 1 fully saturated rings. The number of fused-ring (bicyclic) bond motifs is 3. The predicted octanol–water partition coefficient (Wildman–Crippen LogP) is 2.15. The number of carbonyl (C=O) groups is 2.